The smallest absolute Gasteiger partial charge is 0.248 e. The molecule has 10 heteroatoms. The lowest BCUT2D eigenvalue weighted by Crippen LogP contribution is -2.56. The number of benzene rings is 1. The zero-order chi connectivity index (χ0) is 27.6. The highest BCUT2D eigenvalue weighted by Crippen LogP contribution is 2.36. The van der Waals surface area contributed by atoms with Crippen LogP contribution in [-0.2, 0) is 19.6 Å². The van der Waals surface area contributed by atoms with E-state index in [1.165, 1.54) is 30.0 Å². The molecule has 3 aliphatic heterocycles. The van der Waals surface area contributed by atoms with E-state index in [4.69, 9.17) is 9.47 Å². The lowest BCUT2D eigenvalue weighted by Gasteiger charge is -2.45. The Labute approximate surface area is 229 Å². The van der Waals surface area contributed by atoms with Crippen LogP contribution < -0.4 is 4.74 Å². The zero-order valence-electron chi connectivity index (χ0n) is 24.0. The number of piperidine rings is 1. The van der Waals surface area contributed by atoms with E-state index in [-0.39, 0.29) is 31.7 Å². The fourth-order valence-corrected chi connectivity index (χ4v) is 8.67. The summed E-state index contributed by atoms with van der Waals surface area (Å²) in [6, 6.07) is 5.31. The van der Waals surface area contributed by atoms with Crippen molar-refractivity contribution in [1.82, 2.24) is 19.0 Å². The molecule has 3 aliphatic rings. The largest absolute Gasteiger partial charge is 0.497 e. The van der Waals surface area contributed by atoms with Crippen LogP contribution in [-0.4, -0.2) is 118 Å². The molecule has 0 aliphatic carbocycles. The second-order valence-electron chi connectivity index (χ2n) is 11.4. The Morgan fingerprint density at radius 3 is 2.13 bits per heavy atom. The van der Waals surface area contributed by atoms with E-state index in [1.807, 2.05) is 18.7 Å². The number of hydrogen-bond donors (Lipinski definition) is 0. The molecule has 0 aromatic heterocycles. The molecule has 2 unspecified atom stereocenters. The highest BCUT2D eigenvalue weighted by atomic mass is 32.2. The number of carbonyl (C=O) groups excluding carboxylic acids is 1. The van der Waals surface area contributed by atoms with Crippen molar-refractivity contribution in [3.05, 3.63) is 23.3 Å². The summed E-state index contributed by atoms with van der Waals surface area (Å²) in [6.45, 7) is 10.9. The first kappa shape index (κ1) is 29.3. The lowest BCUT2D eigenvalue weighted by molar-refractivity contribution is -0.138. The molecular formula is C28H46N4O5S. The van der Waals surface area contributed by atoms with Crippen LogP contribution in [0.2, 0.25) is 0 Å². The molecule has 0 N–H and O–H groups in total. The van der Waals surface area contributed by atoms with E-state index in [0.717, 1.165) is 38.3 Å². The van der Waals surface area contributed by atoms with E-state index in [9.17, 15) is 13.2 Å². The lowest BCUT2D eigenvalue weighted by atomic mass is 9.96. The fourth-order valence-electron chi connectivity index (χ4n) is 6.63. The summed E-state index contributed by atoms with van der Waals surface area (Å²) < 4.78 is 39.6. The molecule has 3 saturated heterocycles. The molecule has 0 saturated carbocycles. The quantitative estimate of drug-likeness (QED) is 0.414. The Balaban J connectivity index is 1.25. The molecule has 9 nitrogen and oxygen atoms in total. The number of sulfonamides is 1. The van der Waals surface area contributed by atoms with Crippen LogP contribution in [0.1, 0.15) is 50.7 Å². The van der Waals surface area contributed by atoms with Crippen LogP contribution in [0.15, 0.2) is 17.0 Å². The third-order valence-corrected chi connectivity index (χ3v) is 11.1. The second kappa shape index (κ2) is 12.2. The first-order valence-electron chi connectivity index (χ1n) is 14.0. The van der Waals surface area contributed by atoms with Crippen molar-refractivity contribution in [2.45, 2.75) is 82.4 Å². The van der Waals surface area contributed by atoms with Crippen LogP contribution in [0.25, 0.3) is 0 Å². The van der Waals surface area contributed by atoms with Gasteiger partial charge >= 0.3 is 0 Å². The van der Waals surface area contributed by atoms with E-state index in [2.05, 4.69) is 16.8 Å². The molecule has 3 fully saturated rings. The summed E-state index contributed by atoms with van der Waals surface area (Å²) in [5.74, 6) is 0.616. The van der Waals surface area contributed by atoms with Crippen LogP contribution in [0.4, 0.5) is 0 Å². The van der Waals surface area contributed by atoms with E-state index >= 15 is 0 Å². The first-order chi connectivity index (χ1) is 18.0. The van der Waals surface area contributed by atoms with Gasteiger partial charge < -0.3 is 19.3 Å². The minimum absolute atomic E-state index is 0.0195. The van der Waals surface area contributed by atoms with Gasteiger partial charge in [0.05, 0.1) is 18.6 Å². The number of rotatable bonds is 10. The maximum absolute atomic E-state index is 13.6. The summed E-state index contributed by atoms with van der Waals surface area (Å²) in [7, 11) is 0.102. The van der Waals surface area contributed by atoms with Gasteiger partial charge in [-0.3, -0.25) is 9.69 Å². The number of nitrogens with zero attached hydrogens (tertiary/aromatic N) is 4. The van der Waals surface area contributed by atoms with Gasteiger partial charge in [-0.15, -0.1) is 0 Å². The minimum atomic E-state index is -3.74. The number of aryl methyl sites for hydroxylation is 2. The number of piperazine rings is 1. The Bertz CT molecular complexity index is 1050. The van der Waals surface area contributed by atoms with Crippen molar-refractivity contribution in [3.63, 3.8) is 0 Å². The monoisotopic (exact) mass is 550 g/mol. The molecule has 2 bridgehead atoms. The molecule has 1 aromatic rings. The van der Waals surface area contributed by atoms with Crippen LogP contribution in [0.3, 0.4) is 0 Å². The number of methoxy groups -OCH3 is 1. The van der Waals surface area contributed by atoms with Crippen LogP contribution in [0, 0.1) is 13.8 Å². The first-order valence-corrected chi connectivity index (χ1v) is 15.5. The van der Waals surface area contributed by atoms with Gasteiger partial charge in [0, 0.05) is 56.9 Å². The van der Waals surface area contributed by atoms with Gasteiger partial charge in [0.2, 0.25) is 15.9 Å². The van der Waals surface area contributed by atoms with Gasteiger partial charge in [0.15, 0.2) is 0 Å². The molecular weight excluding hydrogens is 504 g/mol. The van der Waals surface area contributed by atoms with Crippen molar-refractivity contribution in [2.75, 3.05) is 60.1 Å². The van der Waals surface area contributed by atoms with E-state index in [0.29, 0.717) is 27.8 Å². The Hall–Kier alpha value is -1.72. The number of amides is 1. The van der Waals surface area contributed by atoms with Crippen molar-refractivity contribution in [1.29, 1.82) is 0 Å². The van der Waals surface area contributed by atoms with E-state index in [1.54, 1.807) is 33.1 Å². The van der Waals surface area contributed by atoms with Crippen LogP contribution >= 0.6 is 0 Å². The van der Waals surface area contributed by atoms with E-state index < -0.39 is 10.0 Å². The maximum Gasteiger partial charge on any atom is 0.248 e. The standard InChI is InChI=1S/C28H46N4O5S/c1-20(2)32(38(34,35)28-21(3)15-26(36-6)16-22(28)4)13-14-37-19-27(33)31-11-9-30(10-12-31)25-17-23-7-8-24(18-25)29(23)5/h15-16,20,23-25H,7-14,17-19H2,1-6H3. The molecule has 38 heavy (non-hydrogen) atoms. The summed E-state index contributed by atoms with van der Waals surface area (Å²) in [4.78, 5) is 20.2. The predicted octanol–water partition coefficient (Wildman–Crippen LogP) is 2.50. The van der Waals surface area contributed by atoms with Gasteiger partial charge in [-0.2, -0.15) is 4.31 Å². The molecule has 2 atom stereocenters. The Morgan fingerprint density at radius 1 is 1.03 bits per heavy atom. The third kappa shape index (κ3) is 6.20. The number of hydrogen-bond acceptors (Lipinski definition) is 7. The highest BCUT2D eigenvalue weighted by Gasteiger charge is 2.41. The molecule has 1 amide bonds. The zero-order valence-corrected chi connectivity index (χ0v) is 24.8. The molecule has 0 spiro atoms. The van der Waals surface area contributed by atoms with Crippen molar-refractivity contribution in [3.8, 4) is 5.75 Å². The second-order valence-corrected chi connectivity index (χ2v) is 13.3. The molecule has 4 rings (SSSR count). The van der Waals surface area contributed by atoms with Gasteiger partial charge in [-0.05, 0) is 83.7 Å². The molecule has 1 aromatic carbocycles. The van der Waals surface area contributed by atoms with Gasteiger partial charge in [0.25, 0.3) is 0 Å². The molecule has 0 radical (unpaired) electrons. The van der Waals surface area contributed by atoms with Crippen molar-refractivity contribution < 1.29 is 22.7 Å². The van der Waals surface area contributed by atoms with Crippen molar-refractivity contribution >= 4 is 15.9 Å². The maximum atomic E-state index is 13.6. The summed E-state index contributed by atoms with van der Waals surface area (Å²) in [5.41, 5.74) is 1.30. The highest BCUT2D eigenvalue weighted by molar-refractivity contribution is 7.89. The van der Waals surface area contributed by atoms with Crippen LogP contribution in [0.5, 0.6) is 5.75 Å². The Morgan fingerprint density at radius 2 is 1.61 bits per heavy atom. The van der Waals surface area contributed by atoms with Crippen molar-refractivity contribution in [2.24, 2.45) is 0 Å². The van der Waals surface area contributed by atoms with Gasteiger partial charge in [-0.1, -0.05) is 0 Å². The summed E-state index contributed by atoms with van der Waals surface area (Å²) in [5, 5.41) is 0. The minimum Gasteiger partial charge on any atom is -0.497 e. The number of carbonyl (C=O) groups is 1. The summed E-state index contributed by atoms with van der Waals surface area (Å²) >= 11 is 0. The third-order valence-electron chi connectivity index (χ3n) is 8.75. The molecule has 214 valence electrons. The Kier molecular flexibility index (Phi) is 9.40. The normalized spacial score (nSPS) is 24.9. The van der Waals surface area contributed by atoms with Gasteiger partial charge in [-0.25, -0.2) is 8.42 Å². The molecule has 3 heterocycles. The number of ether oxygens (including phenoxy) is 2. The predicted molar refractivity (Wildman–Crippen MR) is 148 cm³/mol. The SMILES string of the molecule is COc1cc(C)c(S(=O)(=O)N(CCOCC(=O)N2CCN(C3CC4CCC(C3)N4C)CC2)C(C)C)c(C)c1. The summed E-state index contributed by atoms with van der Waals surface area (Å²) in [6.07, 6.45) is 5.13. The number of fused-ring (bicyclic) bond motifs is 2. The topological polar surface area (TPSA) is 82.6 Å². The average Bonchev–Trinajstić information content (AvgIpc) is 3.06. The average molecular weight is 551 g/mol. The van der Waals surface area contributed by atoms with Gasteiger partial charge in [0.1, 0.15) is 12.4 Å². The fraction of sp³-hybridized carbons (Fsp3) is 0.750.